The first-order valence-corrected chi connectivity index (χ1v) is 3.94. The van der Waals surface area contributed by atoms with Gasteiger partial charge in [0.25, 0.3) is 0 Å². The Morgan fingerprint density at radius 1 is 1.46 bits per heavy atom. The van der Waals surface area contributed by atoms with E-state index >= 15 is 0 Å². The molecule has 0 unspecified atom stereocenters. The Bertz CT molecular complexity index is 473. The summed E-state index contributed by atoms with van der Waals surface area (Å²) in [5.41, 5.74) is 6.39. The number of nitrogen functional groups attached to an aromatic ring is 1. The highest BCUT2D eigenvalue weighted by Gasteiger charge is 2.08. The molecule has 1 aromatic carbocycles. The van der Waals surface area contributed by atoms with Crippen molar-refractivity contribution in [3.63, 3.8) is 0 Å². The van der Waals surface area contributed by atoms with Crippen molar-refractivity contribution in [3.8, 4) is 0 Å². The van der Waals surface area contributed by atoms with Gasteiger partial charge in [-0.2, -0.15) is 4.68 Å². The van der Waals surface area contributed by atoms with Gasteiger partial charge in [0.1, 0.15) is 0 Å². The molecule has 0 aliphatic carbocycles. The summed E-state index contributed by atoms with van der Waals surface area (Å²) in [5.74, 6) is 0.263. The summed E-state index contributed by atoms with van der Waals surface area (Å²) in [7, 11) is 0. The lowest BCUT2D eigenvalue weighted by atomic mass is 10.2. The molecule has 4 nitrogen and oxygen atoms in total. The zero-order valence-electron chi connectivity index (χ0n) is 7.19. The van der Waals surface area contributed by atoms with E-state index in [1.165, 1.54) is 11.6 Å². The monoisotopic (exact) mass is 175 g/mol. The fourth-order valence-electron chi connectivity index (χ4n) is 1.33. The minimum Gasteiger partial charge on any atom is -0.382 e. The molecule has 13 heavy (non-hydrogen) atoms. The molecular weight excluding hydrogens is 166 g/mol. The Morgan fingerprint density at radius 2 is 2.15 bits per heavy atom. The van der Waals surface area contributed by atoms with Crippen LogP contribution in [0.2, 0.25) is 0 Å². The summed E-state index contributed by atoms with van der Waals surface area (Å²) in [6, 6.07) is 7.38. The van der Waals surface area contributed by atoms with Crippen molar-refractivity contribution in [2.45, 2.75) is 6.92 Å². The molecule has 0 saturated carbocycles. The number of benzene rings is 1. The van der Waals surface area contributed by atoms with E-state index < -0.39 is 0 Å². The molecule has 0 fully saturated rings. The Labute approximate surface area is 75.0 Å². The first-order valence-electron chi connectivity index (χ1n) is 3.94. The molecule has 0 atom stereocenters. The van der Waals surface area contributed by atoms with Gasteiger partial charge in [-0.05, 0) is 12.1 Å². The molecule has 0 bridgehead atoms. The number of hydrogen-bond donors (Lipinski definition) is 1. The molecule has 2 N–H and O–H groups in total. The highest BCUT2D eigenvalue weighted by Crippen LogP contribution is 2.19. The SMILES string of the molecule is CC(=O)n1nc(N)c2ccccc21. The summed E-state index contributed by atoms with van der Waals surface area (Å²) < 4.78 is 1.31. The molecule has 1 aromatic heterocycles. The lowest BCUT2D eigenvalue weighted by molar-refractivity contribution is 0.0927. The minimum absolute atomic E-state index is 0.132. The summed E-state index contributed by atoms with van der Waals surface area (Å²) in [5, 5.41) is 4.75. The van der Waals surface area contributed by atoms with Crippen LogP contribution in [0, 0.1) is 0 Å². The lowest BCUT2D eigenvalue weighted by Gasteiger charge is -1.94. The topological polar surface area (TPSA) is 60.9 Å². The van der Waals surface area contributed by atoms with Crippen LogP contribution in [-0.4, -0.2) is 15.7 Å². The third kappa shape index (κ3) is 1.07. The van der Waals surface area contributed by atoms with E-state index in [1.54, 1.807) is 0 Å². The molecular formula is C9H9N3O. The van der Waals surface area contributed by atoms with E-state index in [0.717, 1.165) is 10.9 Å². The van der Waals surface area contributed by atoms with Gasteiger partial charge in [0, 0.05) is 12.3 Å². The Hall–Kier alpha value is -1.84. The van der Waals surface area contributed by atoms with Crippen molar-refractivity contribution in [1.29, 1.82) is 0 Å². The van der Waals surface area contributed by atoms with Gasteiger partial charge < -0.3 is 5.73 Å². The molecule has 1 heterocycles. The quantitative estimate of drug-likeness (QED) is 0.656. The smallest absolute Gasteiger partial charge is 0.244 e. The van der Waals surface area contributed by atoms with Crippen LogP contribution in [0.25, 0.3) is 10.9 Å². The van der Waals surface area contributed by atoms with Gasteiger partial charge in [0.05, 0.1) is 5.52 Å². The molecule has 0 saturated heterocycles. The molecule has 0 aliphatic heterocycles. The van der Waals surface area contributed by atoms with Crippen molar-refractivity contribution < 1.29 is 4.79 Å². The summed E-state index contributed by atoms with van der Waals surface area (Å²) in [6.07, 6.45) is 0. The summed E-state index contributed by atoms with van der Waals surface area (Å²) >= 11 is 0. The number of rotatable bonds is 0. The first kappa shape index (κ1) is 7.79. The maximum absolute atomic E-state index is 11.1. The van der Waals surface area contributed by atoms with Gasteiger partial charge in [-0.25, -0.2) is 0 Å². The molecule has 4 heteroatoms. The van der Waals surface area contributed by atoms with E-state index in [0.29, 0.717) is 5.82 Å². The van der Waals surface area contributed by atoms with Crippen molar-refractivity contribution >= 4 is 22.6 Å². The predicted molar refractivity (Wildman–Crippen MR) is 50.4 cm³/mol. The first-order chi connectivity index (χ1) is 6.20. The molecule has 0 radical (unpaired) electrons. The molecule has 0 amide bonds. The highest BCUT2D eigenvalue weighted by atomic mass is 16.2. The van der Waals surface area contributed by atoms with Gasteiger partial charge in [0.15, 0.2) is 5.82 Å². The number of para-hydroxylation sites is 1. The van der Waals surface area contributed by atoms with Gasteiger partial charge in [-0.1, -0.05) is 12.1 Å². The van der Waals surface area contributed by atoms with Gasteiger partial charge in [0.2, 0.25) is 5.91 Å². The number of carbonyl (C=O) groups excluding carboxylic acids is 1. The number of nitrogens with two attached hydrogens (primary N) is 1. The van der Waals surface area contributed by atoms with Crippen LogP contribution < -0.4 is 5.73 Å². The molecule has 66 valence electrons. The number of hydrogen-bond acceptors (Lipinski definition) is 3. The second-order valence-electron chi connectivity index (χ2n) is 2.83. The standard InChI is InChI=1S/C9H9N3O/c1-6(13)12-8-5-3-2-4-7(8)9(10)11-12/h2-5H,1H3,(H2,10,11). The molecule has 0 spiro atoms. The zero-order chi connectivity index (χ0) is 9.42. The second-order valence-corrected chi connectivity index (χ2v) is 2.83. The van der Waals surface area contributed by atoms with Gasteiger partial charge >= 0.3 is 0 Å². The van der Waals surface area contributed by atoms with Crippen LogP contribution in [0.1, 0.15) is 11.7 Å². The molecule has 0 aliphatic rings. The van der Waals surface area contributed by atoms with Crippen molar-refractivity contribution in [1.82, 2.24) is 9.78 Å². The number of nitrogens with zero attached hydrogens (tertiary/aromatic N) is 2. The van der Waals surface area contributed by atoms with Crippen molar-refractivity contribution in [3.05, 3.63) is 24.3 Å². The third-order valence-electron chi connectivity index (χ3n) is 1.91. The van der Waals surface area contributed by atoms with Crippen molar-refractivity contribution in [2.24, 2.45) is 0 Å². The molecule has 2 rings (SSSR count). The third-order valence-corrected chi connectivity index (χ3v) is 1.91. The van der Waals surface area contributed by atoms with E-state index in [4.69, 9.17) is 5.73 Å². The van der Waals surface area contributed by atoms with Crippen LogP contribution in [0.5, 0.6) is 0 Å². The number of anilines is 1. The van der Waals surface area contributed by atoms with Gasteiger partial charge in [-0.15, -0.1) is 5.10 Å². The van der Waals surface area contributed by atoms with E-state index in [1.807, 2.05) is 24.3 Å². The number of fused-ring (bicyclic) bond motifs is 1. The largest absolute Gasteiger partial charge is 0.382 e. The summed E-state index contributed by atoms with van der Waals surface area (Å²) in [6.45, 7) is 1.46. The van der Waals surface area contributed by atoms with E-state index in [2.05, 4.69) is 5.10 Å². The molecule has 2 aromatic rings. The number of carbonyl (C=O) groups is 1. The maximum atomic E-state index is 11.1. The normalized spacial score (nSPS) is 10.5. The van der Waals surface area contributed by atoms with Crippen LogP contribution in [-0.2, 0) is 0 Å². The van der Waals surface area contributed by atoms with Crippen molar-refractivity contribution in [2.75, 3.05) is 5.73 Å². The average molecular weight is 175 g/mol. The Morgan fingerprint density at radius 3 is 2.85 bits per heavy atom. The Kier molecular flexibility index (Phi) is 1.55. The van der Waals surface area contributed by atoms with Crippen LogP contribution in [0.4, 0.5) is 5.82 Å². The van der Waals surface area contributed by atoms with Crippen LogP contribution in [0.3, 0.4) is 0 Å². The predicted octanol–water partition coefficient (Wildman–Crippen LogP) is 1.28. The van der Waals surface area contributed by atoms with Crippen LogP contribution >= 0.6 is 0 Å². The fourth-order valence-corrected chi connectivity index (χ4v) is 1.33. The lowest BCUT2D eigenvalue weighted by Crippen LogP contribution is -2.07. The van der Waals surface area contributed by atoms with Crippen LogP contribution in [0.15, 0.2) is 24.3 Å². The van der Waals surface area contributed by atoms with E-state index in [-0.39, 0.29) is 5.91 Å². The maximum Gasteiger partial charge on any atom is 0.244 e. The number of aromatic nitrogens is 2. The Balaban J connectivity index is 2.85. The fraction of sp³-hybridized carbons (Fsp3) is 0.111. The second kappa shape index (κ2) is 2.58. The summed E-state index contributed by atoms with van der Waals surface area (Å²) in [4.78, 5) is 11.1. The highest BCUT2D eigenvalue weighted by molar-refractivity contribution is 5.95. The minimum atomic E-state index is -0.132. The van der Waals surface area contributed by atoms with E-state index in [9.17, 15) is 4.79 Å². The van der Waals surface area contributed by atoms with Gasteiger partial charge in [-0.3, -0.25) is 4.79 Å². The zero-order valence-corrected chi connectivity index (χ0v) is 7.19. The average Bonchev–Trinajstić information content (AvgIpc) is 2.45.